The number of hydrogen-bond acceptors (Lipinski definition) is 7. The zero-order valence-corrected chi connectivity index (χ0v) is 20.2. The number of methoxy groups -OCH3 is 2. The minimum Gasteiger partial charge on any atom is -0.377 e. The molecule has 178 valence electrons. The van der Waals surface area contributed by atoms with Crippen molar-refractivity contribution in [1.29, 1.82) is 0 Å². The number of ether oxygens (including phenoxy) is 2. The van der Waals surface area contributed by atoms with E-state index in [1.807, 2.05) is 18.5 Å². The molecule has 1 aliphatic heterocycles. The molecule has 0 spiro atoms. The fourth-order valence-electron chi connectivity index (χ4n) is 5.69. The van der Waals surface area contributed by atoms with Crippen LogP contribution in [0.5, 0.6) is 0 Å². The van der Waals surface area contributed by atoms with Gasteiger partial charge in [-0.25, -0.2) is 0 Å². The second-order valence-electron chi connectivity index (χ2n) is 10.5. The summed E-state index contributed by atoms with van der Waals surface area (Å²) >= 11 is 0. The molecule has 7 heteroatoms. The Morgan fingerprint density at radius 2 is 1.82 bits per heavy atom. The monoisotopic (exact) mass is 451 g/mol. The lowest BCUT2D eigenvalue weighted by molar-refractivity contribution is -0.00461. The van der Waals surface area contributed by atoms with E-state index in [0.717, 1.165) is 43.9 Å². The van der Waals surface area contributed by atoms with Crippen molar-refractivity contribution < 1.29 is 9.47 Å². The van der Waals surface area contributed by atoms with Gasteiger partial charge in [0.15, 0.2) is 0 Å². The van der Waals surface area contributed by atoms with Crippen LogP contribution in [0.15, 0.2) is 30.6 Å². The van der Waals surface area contributed by atoms with Crippen molar-refractivity contribution in [2.24, 2.45) is 5.41 Å². The highest BCUT2D eigenvalue weighted by Crippen LogP contribution is 2.43. The van der Waals surface area contributed by atoms with Crippen molar-refractivity contribution in [3.05, 3.63) is 36.3 Å². The molecule has 1 N–H and O–H groups in total. The molecule has 3 heterocycles. The number of anilines is 1. The van der Waals surface area contributed by atoms with Gasteiger partial charge in [-0.15, -0.1) is 5.10 Å². The Morgan fingerprint density at radius 3 is 2.48 bits per heavy atom. The topological polar surface area (TPSA) is 72.4 Å². The van der Waals surface area contributed by atoms with E-state index in [-0.39, 0.29) is 12.2 Å². The van der Waals surface area contributed by atoms with Gasteiger partial charge in [0.1, 0.15) is 5.82 Å². The van der Waals surface area contributed by atoms with Crippen LogP contribution >= 0.6 is 0 Å². The molecule has 2 saturated carbocycles. The molecule has 33 heavy (non-hydrogen) atoms. The van der Waals surface area contributed by atoms with Gasteiger partial charge < -0.3 is 14.8 Å². The Hall–Kier alpha value is -2.09. The number of nitrogens with zero attached hydrogens (tertiary/aromatic N) is 4. The molecule has 2 aromatic rings. The highest BCUT2D eigenvalue weighted by molar-refractivity contribution is 5.68. The van der Waals surface area contributed by atoms with Crippen LogP contribution < -0.4 is 5.32 Å². The average molecular weight is 452 g/mol. The molecule has 0 unspecified atom stereocenters. The van der Waals surface area contributed by atoms with Crippen molar-refractivity contribution in [2.45, 2.75) is 69.6 Å². The number of hydrogen-bond donors (Lipinski definition) is 1. The molecule has 2 aliphatic carbocycles. The lowest BCUT2D eigenvalue weighted by atomic mass is 9.73. The van der Waals surface area contributed by atoms with Crippen molar-refractivity contribution in [2.75, 3.05) is 39.2 Å². The SMILES string of the molecule is CO[C@H]1CN(CC2(C)CCC(Nc3cc(-c4cccnc4C4CC4)cnn3)CC2)C[C@@H]1OC. The first-order valence-corrected chi connectivity index (χ1v) is 12.4. The number of pyridine rings is 1. The molecule has 0 radical (unpaired) electrons. The van der Waals surface area contributed by atoms with Gasteiger partial charge in [-0.2, -0.15) is 5.10 Å². The molecule has 0 aromatic carbocycles. The standard InChI is InChI=1S/C26H37N5O2/c1-26(17-31-15-22(32-2)23(16-31)33-3)10-8-20(9-11-26)29-24-13-19(14-28-30-24)21-5-4-12-27-25(21)18-6-7-18/h4-5,12-14,18,20,22-23H,6-11,15-17H2,1-3H3,(H,29,30)/t20?,22-,23-,26?/m0/s1. The summed E-state index contributed by atoms with van der Waals surface area (Å²) < 4.78 is 11.2. The highest BCUT2D eigenvalue weighted by Gasteiger charge is 2.38. The molecule has 5 rings (SSSR count). The number of nitrogens with one attached hydrogen (secondary N) is 1. The third-order valence-corrected chi connectivity index (χ3v) is 7.81. The molecule has 1 saturated heterocycles. The van der Waals surface area contributed by atoms with Crippen molar-refractivity contribution in [3.63, 3.8) is 0 Å². The van der Waals surface area contributed by atoms with Gasteiger partial charge in [0.2, 0.25) is 0 Å². The van der Waals surface area contributed by atoms with E-state index in [0.29, 0.717) is 17.4 Å². The van der Waals surface area contributed by atoms with Crippen molar-refractivity contribution >= 4 is 5.82 Å². The first-order valence-electron chi connectivity index (χ1n) is 12.4. The maximum Gasteiger partial charge on any atom is 0.149 e. The summed E-state index contributed by atoms with van der Waals surface area (Å²) in [7, 11) is 3.58. The van der Waals surface area contributed by atoms with Gasteiger partial charge >= 0.3 is 0 Å². The molecule has 0 bridgehead atoms. The van der Waals surface area contributed by atoms with Crippen molar-refractivity contribution in [1.82, 2.24) is 20.1 Å². The number of likely N-dealkylation sites (tertiary alicyclic amines) is 1. The lowest BCUT2D eigenvalue weighted by Gasteiger charge is -2.40. The summed E-state index contributed by atoms with van der Waals surface area (Å²) in [5, 5.41) is 12.4. The van der Waals surface area contributed by atoms with E-state index in [1.54, 1.807) is 14.2 Å². The first kappa shape index (κ1) is 22.7. The largest absolute Gasteiger partial charge is 0.377 e. The summed E-state index contributed by atoms with van der Waals surface area (Å²) in [4.78, 5) is 7.18. The Bertz CT molecular complexity index is 930. The summed E-state index contributed by atoms with van der Waals surface area (Å²) in [6.45, 7) is 5.48. The zero-order valence-electron chi connectivity index (χ0n) is 20.2. The predicted octanol–water partition coefficient (Wildman–Crippen LogP) is 4.12. The molecule has 7 nitrogen and oxygen atoms in total. The Morgan fingerprint density at radius 1 is 1.09 bits per heavy atom. The number of rotatable bonds is 8. The van der Waals surface area contributed by atoms with Crippen LogP contribution in [0, 0.1) is 5.41 Å². The third-order valence-electron chi connectivity index (χ3n) is 7.81. The minimum atomic E-state index is 0.183. The second-order valence-corrected chi connectivity index (χ2v) is 10.5. The van der Waals surface area contributed by atoms with Crippen LogP contribution in [0.1, 0.15) is 57.1 Å². The molecule has 2 aromatic heterocycles. The van der Waals surface area contributed by atoms with Gasteiger partial charge in [-0.3, -0.25) is 9.88 Å². The normalized spacial score (nSPS) is 30.5. The van der Waals surface area contributed by atoms with E-state index in [2.05, 4.69) is 44.5 Å². The van der Waals surface area contributed by atoms with Crippen LogP contribution in [0.25, 0.3) is 11.1 Å². The molecular formula is C26H37N5O2. The van der Waals surface area contributed by atoms with Crippen molar-refractivity contribution in [3.8, 4) is 11.1 Å². The molecule has 2 atom stereocenters. The smallest absolute Gasteiger partial charge is 0.149 e. The van der Waals surface area contributed by atoms with E-state index in [9.17, 15) is 0 Å². The molecule has 0 amide bonds. The minimum absolute atomic E-state index is 0.183. The van der Waals surface area contributed by atoms with Crippen LogP contribution in [0.3, 0.4) is 0 Å². The Labute approximate surface area is 197 Å². The summed E-state index contributed by atoms with van der Waals surface area (Å²) in [6, 6.07) is 6.76. The van der Waals surface area contributed by atoms with Gasteiger partial charge in [0, 0.05) is 63.1 Å². The molecule has 3 fully saturated rings. The third kappa shape index (κ3) is 5.20. The maximum atomic E-state index is 5.62. The van der Waals surface area contributed by atoms with E-state index >= 15 is 0 Å². The fraction of sp³-hybridized carbons (Fsp3) is 0.654. The van der Waals surface area contributed by atoms with E-state index in [4.69, 9.17) is 9.47 Å². The van der Waals surface area contributed by atoms with Gasteiger partial charge in [-0.1, -0.05) is 13.0 Å². The van der Waals surface area contributed by atoms with Gasteiger partial charge in [-0.05, 0) is 56.1 Å². The fourth-order valence-corrected chi connectivity index (χ4v) is 5.69. The highest BCUT2D eigenvalue weighted by atomic mass is 16.5. The number of aromatic nitrogens is 3. The van der Waals surface area contributed by atoms with Crippen LogP contribution in [-0.2, 0) is 9.47 Å². The van der Waals surface area contributed by atoms with Gasteiger partial charge in [0.25, 0.3) is 0 Å². The van der Waals surface area contributed by atoms with Crippen LogP contribution in [0.2, 0.25) is 0 Å². The first-order chi connectivity index (χ1) is 16.1. The lowest BCUT2D eigenvalue weighted by Crippen LogP contribution is -2.40. The quantitative estimate of drug-likeness (QED) is 0.647. The summed E-state index contributed by atoms with van der Waals surface area (Å²) in [5.74, 6) is 1.48. The molecular weight excluding hydrogens is 414 g/mol. The van der Waals surface area contributed by atoms with E-state index in [1.165, 1.54) is 36.9 Å². The Balaban J connectivity index is 1.18. The summed E-state index contributed by atoms with van der Waals surface area (Å²) in [6.07, 6.45) is 11.3. The summed E-state index contributed by atoms with van der Waals surface area (Å²) in [5.41, 5.74) is 3.85. The zero-order chi connectivity index (χ0) is 22.8. The van der Waals surface area contributed by atoms with Crippen LogP contribution in [-0.4, -0.2) is 72.2 Å². The second kappa shape index (κ2) is 9.65. The molecule has 3 aliphatic rings. The maximum absolute atomic E-state index is 5.62. The Kier molecular flexibility index (Phi) is 6.63. The average Bonchev–Trinajstić information content (AvgIpc) is 3.61. The van der Waals surface area contributed by atoms with Gasteiger partial charge in [0.05, 0.1) is 24.1 Å². The van der Waals surface area contributed by atoms with E-state index < -0.39 is 0 Å². The predicted molar refractivity (Wildman–Crippen MR) is 129 cm³/mol. The van der Waals surface area contributed by atoms with Crippen LogP contribution in [0.4, 0.5) is 5.82 Å².